The molecule has 335 valence electrons. The first-order valence-corrected chi connectivity index (χ1v) is 26.6. The second-order valence-corrected chi connectivity index (χ2v) is 24.5. The summed E-state index contributed by atoms with van der Waals surface area (Å²) < 4.78 is 8.78. The van der Waals surface area contributed by atoms with E-state index >= 15 is 0 Å². The van der Waals surface area contributed by atoms with E-state index in [1.165, 1.54) is 49.5 Å². The van der Waals surface area contributed by atoms with Crippen molar-refractivity contribution in [3.8, 4) is 39.5 Å². The maximum absolute atomic E-state index is 6.44. The molecular formula is C59H58IrN4OSi-2. The van der Waals surface area contributed by atoms with Gasteiger partial charge in [-0.25, -0.2) is 4.98 Å². The zero-order chi connectivity index (χ0) is 45.6. The third kappa shape index (κ3) is 9.09. The molecule has 0 amide bonds. The fourth-order valence-corrected chi connectivity index (χ4v) is 10.8. The first-order valence-electron chi connectivity index (χ1n) is 23.1. The smallest absolute Gasteiger partial charge is 0.216 e. The number of furan rings is 1. The number of pyridine rings is 2. The molecule has 0 unspecified atom stereocenters. The van der Waals surface area contributed by atoms with Crippen LogP contribution in [0.4, 0.5) is 0 Å². The number of fused-ring (bicyclic) bond motifs is 5. The van der Waals surface area contributed by atoms with Crippen LogP contribution in [0.3, 0.4) is 0 Å². The largest absolute Gasteiger partial charge is 0.486 e. The molecule has 1 radical (unpaired) electrons. The number of nitrogens with zero attached hydrogens (tertiary/aromatic N) is 4. The Morgan fingerprint density at radius 1 is 0.652 bits per heavy atom. The van der Waals surface area contributed by atoms with Gasteiger partial charge < -0.3 is 14.0 Å². The molecule has 0 saturated heterocycles. The van der Waals surface area contributed by atoms with E-state index in [4.69, 9.17) is 14.4 Å². The first-order chi connectivity index (χ1) is 31.3. The number of imidazole rings is 1. The van der Waals surface area contributed by atoms with Gasteiger partial charge in [0.05, 0.1) is 30.5 Å². The van der Waals surface area contributed by atoms with Gasteiger partial charge in [-0.15, -0.1) is 47.3 Å². The van der Waals surface area contributed by atoms with Gasteiger partial charge in [-0.2, -0.15) is 0 Å². The number of hydrogen-bond acceptors (Lipinski definition) is 4. The molecule has 0 aliphatic rings. The third-order valence-electron chi connectivity index (χ3n) is 12.4. The average molecular weight is 1060 g/mol. The molecule has 10 aromatic rings. The number of hydrogen-bond donors (Lipinski definition) is 0. The van der Waals surface area contributed by atoms with Crippen molar-refractivity contribution in [1.82, 2.24) is 19.5 Å². The van der Waals surface area contributed by atoms with Crippen molar-refractivity contribution in [3.05, 3.63) is 174 Å². The van der Waals surface area contributed by atoms with Gasteiger partial charge in [0, 0.05) is 43.1 Å². The predicted octanol–water partition coefficient (Wildman–Crippen LogP) is 15.5. The Morgan fingerprint density at radius 3 is 2.03 bits per heavy atom. The van der Waals surface area contributed by atoms with Crippen molar-refractivity contribution >= 4 is 57.1 Å². The van der Waals surface area contributed by atoms with E-state index in [0.29, 0.717) is 23.5 Å². The maximum Gasteiger partial charge on any atom is 0.216 e. The predicted molar refractivity (Wildman–Crippen MR) is 276 cm³/mol. The number of benzene rings is 6. The van der Waals surface area contributed by atoms with Crippen molar-refractivity contribution in [3.63, 3.8) is 0 Å². The van der Waals surface area contributed by atoms with Gasteiger partial charge in [-0.3, -0.25) is 4.98 Å². The standard InChI is InChI=1S/C37H32N3O.C22H26NSi.Ir/c1-22(2)30-20-26(25-12-7-6-8-13-25)21-31(23(3)4)34(30)40-33-17-10-9-16-32(33)39-36(40)29-15-11-14-27-28-19-18-24(5)38-37(28)41-35(27)29;1-16(2)13-18-14-21(23-15-22(18)24(3,4)5)20-12-8-10-17-9-6-7-11-19(17)20;/h6-14,16-23H,1-5H3;6-11,14-16H,13H2,1-5H3;/q2*-1;. The van der Waals surface area contributed by atoms with Gasteiger partial charge in [-0.1, -0.05) is 156 Å². The number of aryl methyl sites for hydroxylation is 1. The Hall–Kier alpha value is -5.98. The fraction of sp³-hybridized carbons (Fsp3) is 0.237. The quantitative estimate of drug-likeness (QED) is 0.107. The molecular weight excluding hydrogens is 1000 g/mol. The molecule has 4 aromatic heterocycles. The van der Waals surface area contributed by atoms with E-state index in [9.17, 15) is 0 Å². The summed E-state index contributed by atoms with van der Waals surface area (Å²) in [6, 6.07) is 53.7. The van der Waals surface area contributed by atoms with Crippen molar-refractivity contribution in [1.29, 1.82) is 0 Å². The van der Waals surface area contributed by atoms with E-state index < -0.39 is 8.07 Å². The van der Waals surface area contributed by atoms with Gasteiger partial charge in [0.1, 0.15) is 0 Å². The molecule has 0 bridgehead atoms. The molecule has 0 N–H and O–H groups in total. The van der Waals surface area contributed by atoms with Gasteiger partial charge in [-0.05, 0) is 101 Å². The Labute approximate surface area is 404 Å². The topological polar surface area (TPSA) is 56.7 Å². The summed E-state index contributed by atoms with van der Waals surface area (Å²) in [4.78, 5) is 14.7. The van der Waals surface area contributed by atoms with E-state index in [0.717, 1.165) is 62.1 Å². The van der Waals surface area contributed by atoms with Gasteiger partial charge in [0.25, 0.3) is 0 Å². The van der Waals surface area contributed by atoms with Crippen molar-refractivity contribution in [2.75, 3.05) is 0 Å². The molecule has 7 heteroatoms. The molecule has 5 nitrogen and oxygen atoms in total. The van der Waals surface area contributed by atoms with Crippen molar-refractivity contribution < 1.29 is 24.5 Å². The van der Waals surface area contributed by atoms with Crippen molar-refractivity contribution in [2.45, 2.75) is 86.4 Å². The third-order valence-corrected chi connectivity index (χ3v) is 14.4. The number of aromatic nitrogens is 4. The normalized spacial score (nSPS) is 11.8. The van der Waals surface area contributed by atoms with Gasteiger partial charge in [0.15, 0.2) is 0 Å². The second kappa shape index (κ2) is 19.1. The van der Waals surface area contributed by atoms with E-state index in [-0.39, 0.29) is 20.1 Å². The van der Waals surface area contributed by atoms with Crippen LogP contribution >= 0.6 is 0 Å². The van der Waals surface area contributed by atoms with E-state index in [2.05, 4.69) is 198 Å². The summed E-state index contributed by atoms with van der Waals surface area (Å²) in [5.41, 5.74) is 15.0. The van der Waals surface area contributed by atoms with Crippen LogP contribution in [-0.4, -0.2) is 27.6 Å². The first kappa shape index (κ1) is 46.5. The Bertz CT molecular complexity index is 3300. The SMILES string of the molecule is CC(C)Cc1cc(-c2[c-]ccc3ccccc23)ncc1[Si](C)(C)C.Cc1ccc2c(n1)oc1c(-c3nc4ccccc4n3-c3c(C(C)C)cc(-c4ccccc4)cc3C(C)C)[c-]ccc12.[Ir]. The number of rotatable bonds is 9. The van der Waals surface area contributed by atoms with Gasteiger partial charge in [0.2, 0.25) is 5.71 Å². The molecule has 6 aromatic carbocycles. The minimum Gasteiger partial charge on any atom is -0.486 e. The molecule has 0 aliphatic heterocycles. The summed E-state index contributed by atoms with van der Waals surface area (Å²) in [5.74, 6) is 2.05. The number of para-hydroxylation sites is 2. The summed E-state index contributed by atoms with van der Waals surface area (Å²) in [7, 11) is -1.39. The molecule has 0 aliphatic carbocycles. The van der Waals surface area contributed by atoms with Crippen LogP contribution in [0.1, 0.15) is 75.8 Å². The van der Waals surface area contributed by atoms with Crippen LogP contribution in [-0.2, 0) is 26.5 Å². The molecule has 0 saturated carbocycles. The fourth-order valence-electron chi connectivity index (χ4n) is 9.21. The van der Waals surface area contributed by atoms with E-state index in [1.54, 1.807) is 0 Å². The maximum atomic E-state index is 6.44. The minimum atomic E-state index is -1.39. The summed E-state index contributed by atoms with van der Waals surface area (Å²) in [5, 5.41) is 5.98. The van der Waals surface area contributed by atoms with Crippen LogP contribution < -0.4 is 5.19 Å². The zero-order valence-electron chi connectivity index (χ0n) is 39.7. The summed E-state index contributed by atoms with van der Waals surface area (Å²) in [6.07, 6.45) is 3.24. The Balaban J connectivity index is 0.000000203. The van der Waals surface area contributed by atoms with Crippen LogP contribution in [0.15, 0.2) is 144 Å². The summed E-state index contributed by atoms with van der Waals surface area (Å²) in [6.45, 7) is 22.9. The van der Waals surface area contributed by atoms with E-state index in [1.807, 2.05) is 31.2 Å². The molecule has 66 heavy (non-hydrogen) atoms. The van der Waals surface area contributed by atoms with Crippen LogP contribution in [0.25, 0.3) is 83.3 Å². The summed E-state index contributed by atoms with van der Waals surface area (Å²) >= 11 is 0. The average Bonchev–Trinajstić information content (AvgIpc) is 3.86. The molecule has 10 rings (SSSR count). The molecule has 0 atom stereocenters. The molecule has 0 spiro atoms. The Morgan fingerprint density at radius 2 is 1.32 bits per heavy atom. The molecule has 0 fully saturated rings. The van der Waals surface area contributed by atoms with Crippen LogP contribution in [0.2, 0.25) is 19.6 Å². The minimum absolute atomic E-state index is 0. The Kier molecular flexibility index (Phi) is 13.5. The zero-order valence-corrected chi connectivity index (χ0v) is 43.1. The van der Waals surface area contributed by atoms with Crippen LogP contribution in [0, 0.1) is 25.0 Å². The molecule has 4 heterocycles. The second-order valence-electron chi connectivity index (χ2n) is 19.5. The van der Waals surface area contributed by atoms with Crippen LogP contribution in [0.5, 0.6) is 0 Å². The van der Waals surface area contributed by atoms with Crippen molar-refractivity contribution in [2.24, 2.45) is 5.92 Å². The monoisotopic (exact) mass is 1060 g/mol. The van der Waals surface area contributed by atoms with Gasteiger partial charge >= 0.3 is 0 Å².